The van der Waals surface area contributed by atoms with E-state index >= 15 is 0 Å². The molecule has 0 saturated heterocycles. The lowest BCUT2D eigenvalue weighted by molar-refractivity contribution is -0.138. The van der Waals surface area contributed by atoms with Gasteiger partial charge in [-0.1, -0.05) is 94.7 Å². The number of fused-ring (bicyclic) bond motifs is 1. The molecule has 7 nitrogen and oxygen atoms in total. The SMILES string of the molecule is CCOC(=O)C1=C(c2ccccc2)N=c2s/c(=C\c3cc(Cl)ccc3OCc3ccc(Cl)cc3Cl)c(=O)n2[C@@H]1c1ccc(OCC)cc1. The molecule has 48 heavy (non-hydrogen) atoms. The van der Waals surface area contributed by atoms with Gasteiger partial charge < -0.3 is 14.2 Å². The van der Waals surface area contributed by atoms with E-state index in [1.165, 1.54) is 11.3 Å². The first-order chi connectivity index (χ1) is 23.3. The molecule has 2 heterocycles. The van der Waals surface area contributed by atoms with E-state index in [-0.39, 0.29) is 24.3 Å². The maximum Gasteiger partial charge on any atom is 0.338 e. The molecule has 1 aliphatic rings. The Hall–Kier alpha value is -4.34. The van der Waals surface area contributed by atoms with Crippen LogP contribution in [-0.4, -0.2) is 23.8 Å². The van der Waals surface area contributed by atoms with Crippen LogP contribution in [0.4, 0.5) is 0 Å². The standard InChI is InChI=1S/C37H29Cl3N2O5S/c1-3-45-28-15-11-23(12-16-28)34-32(36(44)46-4-2)33(22-8-6-5-7-9-22)41-37-42(34)35(43)31(48-37)19-25-18-26(38)14-17-30(25)47-21-24-10-13-27(39)20-29(24)40/h5-20,34H,3-4,21H2,1-2H3/b31-19-/t34-/m1/s1. The van der Waals surface area contributed by atoms with Gasteiger partial charge in [0.15, 0.2) is 4.80 Å². The number of esters is 1. The zero-order valence-electron chi connectivity index (χ0n) is 25.9. The van der Waals surface area contributed by atoms with Gasteiger partial charge >= 0.3 is 5.97 Å². The molecule has 11 heteroatoms. The third-order valence-corrected chi connectivity index (χ3v) is 9.34. The molecule has 0 spiro atoms. The Morgan fingerprint density at radius 3 is 2.33 bits per heavy atom. The molecule has 5 aromatic rings. The lowest BCUT2D eigenvalue weighted by Crippen LogP contribution is -2.40. The predicted octanol–water partition coefficient (Wildman–Crippen LogP) is 7.87. The summed E-state index contributed by atoms with van der Waals surface area (Å²) in [5.41, 5.74) is 3.12. The van der Waals surface area contributed by atoms with Crippen molar-refractivity contribution in [2.24, 2.45) is 4.99 Å². The van der Waals surface area contributed by atoms with Crippen LogP contribution < -0.4 is 24.4 Å². The van der Waals surface area contributed by atoms with Gasteiger partial charge in [0.1, 0.15) is 18.1 Å². The summed E-state index contributed by atoms with van der Waals surface area (Å²) in [7, 11) is 0. The zero-order valence-corrected chi connectivity index (χ0v) is 29.0. The average Bonchev–Trinajstić information content (AvgIpc) is 3.39. The van der Waals surface area contributed by atoms with Gasteiger partial charge in [-0.2, -0.15) is 0 Å². The molecular weight excluding hydrogens is 691 g/mol. The van der Waals surface area contributed by atoms with Crippen molar-refractivity contribution in [2.45, 2.75) is 26.5 Å². The minimum Gasteiger partial charge on any atom is -0.494 e. The Bertz CT molecular complexity index is 2200. The van der Waals surface area contributed by atoms with E-state index in [1.54, 1.807) is 54.0 Å². The molecule has 0 aliphatic carbocycles. The van der Waals surface area contributed by atoms with Crippen LogP contribution in [0, 0.1) is 0 Å². The van der Waals surface area contributed by atoms with Crippen molar-refractivity contribution in [2.75, 3.05) is 13.2 Å². The number of thiazole rings is 1. The summed E-state index contributed by atoms with van der Waals surface area (Å²) < 4.78 is 19.3. The molecule has 4 aromatic carbocycles. The number of halogens is 3. The molecular formula is C37H29Cl3N2O5S. The average molecular weight is 720 g/mol. The normalized spacial score (nSPS) is 14.4. The van der Waals surface area contributed by atoms with E-state index in [9.17, 15) is 9.59 Å². The molecule has 1 aromatic heterocycles. The number of carbonyl (C=O) groups is 1. The first-order valence-electron chi connectivity index (χ1n) is 15.1. The molecule has 1 aliphatic heterocycles. The highest BCUT2D eigenvalue weighted by Crippen LogP contribution is 2.36. The van der Waals surface area contributed by atoms with Gasteiger partial charge in [0.25, 0.3) is 5.56 Å². The van der Waals surface area contributed by atoms with Crippen molar-refractivity contribution in [1.82, 2.24) is 4.57 Å². The van der Waals surface area contributed by atoms with Gasteiger partial charge in [-0.15, -0.1) is 0 Å². The van der Waals surface area contributed by atoms with Gasteiger partial charge in [0.2, 0.25) is 0 Å². The topological polar surface area (TPSA) is 79.1 Å². The number of nitrogens with zero attached hydrogens (tertiary/aromatic N) is 2. The molecule has 1 atom stereocenters. The number of aromatic nitrogens is 1. The fraction of sp³-hybridized carbons (Fsp3) is 0.162. The van der Waals surface area contributed by atoms with Gasteiger partial charge in [0, 0.05) is 31.8 Å². The molecule has 0 bridgehead atoms. The highest BCUT2D eigenvalue weighted by molar-refractivity contribution is 7.07. The summed E-state index contributed by atoms with van der Waals surface area (Å²) in [6.45, 7) is 4.48. The summed E-state index contributed by atoms with van der Waals surface area (Å²) in [5.74, 6) is 0.614. The van der Waals surface area contributed by atoms with E-state index in [4.69, 9.17) is 54.0 Å². The minimum atomic E-state index is -0.824. The number of carbonyl (C=O) groups excluding carboxylic acids is 1. The zero-order chi connectivity index (χ0) is 33.8. The van der Waals surface area contributed by atoms with E-state index in [0.29, 0.717) is 59.3 Å². The Morgan fingerprint density at radius 2 is 1.62 bits per heavy atom. The number of rotatable bonds is 10. The van der Waals surface area contributed by atoms with Crippen LogP contribution in [0.5, 0.6) is 11.5 Å². The maximum atomic E-state index is 14.4. The molecule has 0 saturated carbocycles. The quantitative estimate of drug-likeness (QED) is 0.137. The molecule has 0 radical (unpaired) electrons. The predicted molar refractivity (Wildman–Crippen MR) is 191 cm³/mol. The third-order valence-electron chi connectivity index (χ3n) is 7.54. The minimum absolute atomic E-state index is 0.156. The Morgan fingerprint density at radius 1 is 0.896 bits per heavy atom. The lowest BCUT2D eigenvalue weighted by Gasteiger charge is -2.26. The summed E-state index contributed by atoms with van der Waals surface area (Å²) >= 11 is 20.1. The second-order valence-electron chi connectivity index (χ2n) is 10.6. The fourth-order valence-electron chi connectivity index (χ4n) is 5.37. The van der Waals surface area contributed by atoms with Crippen molar-refractivity contribution in [3.63, 3.8) is 0 Å². The smallest absolute Gasteiger partial charge is 0.338 e. The van der Waals surface area contributed by atoms with Crippen molar-refractivity contribution in [3.05, 3.63) is 154 Å². The van der Waals surface area contributed by atoms with Crippen LogP contribution in [0.25, 0.3) is 11.8 Å². The van der Waals surface area contributed by atoms with Gasteiger partial charge in [-0.05, 0) is 68.0 Å². The lowest BCUT2D eigenvalue weighted by atomic mass is 9.93. The van der Waals surface area contributed by atoms with Gasteiger partial charge in [0.05, 0.1) is 35.1 Å². The molecule has 0 unspecified atom stereocenters. The summed E-state index contributed by atoms with van der Waals surface area (Å²) in [4.78, 5) is 33.4. The largest absolute Gasteiger partial charge is 0.494 e. The van der Waals surface area contributed by atoms with E-state index in [2.05, 4.69) is 0 Å². The van der Waals surface area contributed by atoms with Crippen LogP contribution in [0.1, 0.15) is 42.1 Å². The first-order valence-corrected chi connectivity index (χ1v) is 17.1. The number of hydrogen-bond donors (Lipinski definition) is 0. The van der Waals surface area contributed by atoms with Crippen molar-refractivity contribution in [1.29, 1.82) is 0 Å². The number of hydrogen-bond acceptors (Lipinski definition) is 7. The van der Waals surface area contributed by atoms with Crippen LogP contribution in [0.15, 0.2) is 106 Å². The van der Waals surface area contributed by atoms with Crippen LogP contribution in [0.2, 0.25) is 15.1 Å². The second-order valence-corrected chi connectivity index (χ2v) is 12.9. The van der Waals surface area contributed by atoms with Gasteiger partial charge in [-0.3, -0.25) is 9.36 Å². The molecule has 0 N–H and O–H groups in total. The van der Waals surface area contributed by atoms with E-state index < -0.39 is 12.0 Å². The molecule has 0 amide bonds. The molecule has 0 fully saturated rings. The highest BCUT2D eigenvalue weighted by atomic mass is 35.5. The van der Waals surface area contributed by atoms with Crippen molar-refractivity contribution < 1.29 is 19.0 Å². The van der Waals surface area contributed by atoms with Crippen molar-refractivity contribution in [3.8, 4) is 11.5 Å². The molecule has 244 valence electrons. The second kappa shape index (κ2) is 14.8. The maximum absolute atomic E-state index is 14.4. The number of ether oxygens (including phenoxy) is 3. The third kappa shape index (κ3) is 7.08. The highest BCUT2D eigenvalue weighted by Gasteiger charge is 2.35. The van der Waals surface area contributed by atoms with Crippen LogP contribution >= 0.6 is 46.1 Å². The van der Waals surface area contributed by atoms with Crippen LogP contribution in [0.3, 0.4) is 0 Å². The van der Waals surface area contributed by atoms with Crippen molar-refractivity contribution >= 4 is 63.9 Å². The fourth-order valence-corrected chi connectivity index (χ4v) is 7.00. The van der Waals surface area contributed by atoms with Gasteiger partial charge in [-0.25, -0.2) is 9.79 Å². The molecule has 6 rings (SSSR count). The van der Waals surface area contributed by atoms with E-state index in [0.717, 1.165) is 11.1 Å². The first kappa shape index (κ1) is 33.6. The Kier molecular flexibility index (Phi) is 10.4. The summed E-state index contributed by atoms with van der Waals surface area (Å²) in [5, 5.41) is 1.47. The number of benzene rings is 4. The summed E-state index contributed by atoms with van der Waals surface area (Å²) in [6, 6.07) is 26.3. The Balaban J connectivity index is 1.52. The monoisotopic (exact) mass is 718 g/mol. The van der Waals surface area contributed by atoms with E-state index in [1.807, 2.05) is 61.5 Å². The Labute approximate surface area is 295 Å². The van der Waals surface area contributed by atoms with Crippen LogP contribution in [-0.2, 0) is 16.1 Å². The summed E-state index contributed by atoms with van der Waals surface area (Å²) in [6.07, 6.45) is 1.72.